The number of rotatable bonds is 4. The summed E-state index contributed by atoms with van der Waals surface area (Å²) in [6, 6.07) is 5.00. The number of benzene rings is 1. The highest BCUT2D eigenvalue weighted by Crippen LogP contribution is 2.13. The van der Waals surface area contributed by atoms with Gasteiger partial charge in [-0.2, -0.15) is 0 Å². The zero-order valence-corrected chi connectivity index (χ0v) is 12.1. The van der Waals surface area contributed by atoms with Crippen molar-refractivity contribution in [1.29, 1.82) is 0 Å². The highest BCUT2D eigenvalue weighted by atomic mass is 32.1. The Hall–Kier alpha value is -1.74. The second kappa shape index (κ2) is 7.15. The zero-order chi connectivity index (χ0) is 14.4. The molecule has 0 saturated carbocycles. The molecule has 3 nitrogen and oxygen atoms in total. The van der Waals surface area contributed by atoms with E-state index >= 15 is 0 Å². The number of nitrogens with zero attached hydrogens (tertiary/aromatic N) is 2. The van der Waals surface area contributed by atoms with E-state index in [1.165, 1.54) is 6.07 Å². The number of nitrogens with two attached hydrogens (primary N) is 1. The molecule has 0 amide bonds. The molecule has 2 N–H and O–H groups in total. The molecule has 1 aromatic heterocycles. The van der Waals surface area contributed by atoms with Crippen LogP contribution in [0.15, 0.2) is 29.1 Å². The van der Waals surface area contributed by atoms with Crippen LogP contribution in [0.2, 0.25) is 0 Å². The minimum Gasteiger partial charge on any atom is -0.320 e. The van der Waals surface area contributed by atoms with Gasteiger partial charge in [-0.3, -0.25) is 4.90 Å². The molecule has 0 aliphatic heterocycles. The smallest absolute Gasteiger partial charge is 0.138 e. The van der Waals surface area contributed by atoms with Gasteiger partial charge in [0.05, 0.1) is 23.3 Å². The Morgan fingerprint density at radius 2 is 2.25 bits per heavy atom. The van der Waals surface area contributed by atoms with Crippen molar-refractivity contribution in [3.8, 4) is 11.8 Å². The Morgan fingerprint density at radius 1 is 1.40 bits per heavy atom. The van der Waals surface area contributed by atoms with Crippen LogP contribution in [-0.2, 0) is 13.1 Å². The van der Waals surface area contributed by atoms with Gasteiger partial charge in [-0.05, 0) is 24.7 Å². The lowest BCUT2D eigenvalue weighted by molar-refractivity contribution is 0.315. The number of halogens is 1. The Bertz CT molecular complexity index is 614. The van der Waals surface area contributed by atoms with Gasteiger partial charge in [0, 0.05) is 18.5 Å². The Kier molecular flexibility index (Phi) is 5.24. The molecular weight excluding hydrogens is 273 g/mol. The van der Waals surface area contributed by atoms with Crippen LogP contribution in [-0.4, -0.2) is 23.5 Å². The average molecular weight is 289 g/mol. The predicted molar refractivity (Wildman–Crippen MR) is 79.6 cm³/mol. The largest absolute Gasteiger partial charge is 0.320 e. The second-order valence-corrected chi connectivity index (χ2v) is 5.19. The second-order valence-electron chi connectivity index (χ2n) is 4.47. The van der Waals surface area contributed by atoms with Crippen molar-refractivity contribution in [2.75, 3.05) is 13.6 Å². The molecule has 0 aliphatic carbocycles. The number of hydrogen-bond donors (Lipinski definition) is 1. The molecule has 0 aliphatic rings. The van der Waals surface area contributed by atoms with Gasteiger partial charge in [0.25, 0.3) is 0 Å². The molecule has 0 radical (unpaired) electrons. The summed E-state index contributed by atoms with van der Waals surface area (Å²) < 4.78 is 13.6. The van der Waals surface area contributed by atoms with E-state index in [1.807, 2.05) is 17.9 Å². The van der Waals surface area contributed by atoms with Crippen molar-refractivity contribution in [2.45, 2.75) is 13.1 Å². The molecule has 0 spiro atoms. The van der Waals surface area contributed by atoms with Crippen LogP contribution >= 0.6 is 11.3 Å². The fourth-order valence-electron chi connectivity index (χ4n) is 1.87. The van der Waals surface area contributed by atoms with Gasteiger partial charge in [0.15, 0.2) is 0 Å². The van der Waals surface area contributed by atoms with Gasteiger partial charge < -0.3 is 5.73 Å². The summed E-state index contributed by atoms with van der Waals surface area (Å²) >= 11 is 1.58. The highest BCUT2D eigenvalue weighted by Gasteiger charge is 2.06. The molecule has 1 aromatic carbocycles. The third kappa shape index (κ3) is 4.14. The van der Waals surface area contributed by atoms with E-state index < -0.39 is 0 Å². The molecule has 2 rings (SSSR count). The van der Waals surface area contributed by atoms with Crippen molar-refractivity contribution >= 4 is 11.3 Å². The molecule has 0 fully saturated rings. The van der Waals surface area contributed by atoms with Gasteiger partial charge >= 0.3 is 0 Å². The van der Waals surface area contributed by atoms with Gasteiger partial charge in [-0.1, -0.05) is 17.9 Å². The fraction of sp³-hybridized carbons (Fsp3) is 0.267. The molecule has 0 atom stereocenters. The maximum atomic E-state index is 13.6. The highest BCUT2D eigenvalue weighted by molar-refractivity contribution is 7.07. The topological polar surface area (TPSA) is 42.1 Å². The van der Waals surface area contributed by atoms with Gasteiger partial charge in [-0.15, -0.1) is 11.3 Å². The van der Waals surface area contributed by atoms with Crippen LogP contribution in [0.5, 0.6) is 0 Å². The molecule has 2 aromatic rings. The van der Waals surface area contributed by atoms with Crippen molar-refractivity contribution in [3.05, 3.63) is 51.7 Å². The first-order valence-corrected chi connectivity index (χ1v) is 7.16. The monoisotopic (exact) mass is 289 g/mol. The fourth-order valence-corrected chi connectivity index (χ4v) is 2.42. The van der Waals surface area contributed by atoms with E-state index in [-0.39, 0.29) is 12.4 Å². The quantitative estimate of drug-likeness (QED) is 0.878. The standard InChI is InChI=1S/C15H16FN3S/c1-19(9-14-10-20-11-18-14)8-12-4-5-15(16)13(7-12)3-2-6-17/h4-5,7,10-11H,6,8-9,17H2,1H3. The zero-order valence-electron chi connectivity index (χ0n) is 11.3. The summed E-state index contributed by atoms with van der Waals surface area (Å²) in [5, 5.41) is 2.03. The first kappa shape index (κ1) is 14.7. The maximum absolute atomic E-state index is 13.6. The van der Waals surface area contributed by atoms with Crippen molar-refractivity contribution in [2.24, 2.45) is 5.73 Å². The Morgan fingerprint density at radius 3 is 2.95 bits per heavy atom. The van der Waals surface area contributed by atoms with E-state index in [9.17, 15) is 4.39 Å². The van der Waals surface area contributed by atoms with E-state index in [0.29, 0.717) is 5.56 Å². The van der Waals surface area contributed by atoms with Gasteiger partial charge in [0.1, 0.15) is 5.82 Å². The van der Waals surface area contributed by atoms with E-state index in [2.05, 4.69) is 21.7 Å². The van der Waals surface area contributed by atoms with Crippen molar-refractivity contribution in [3.63, 3.8) is 0 Å². The first-order chi connectivity index (χ1) is 9.69. The summed E-state index contributed by atoms with van der Waals surface area (Å²) in [7, 11) is 2.01. The van der Waals surface area contributed by atoms with Crippen molar-refractivity contribution in [1.82, 2.24) is 9.88 Å². The van der Waals surface area contributed by atoms with Crippen LogP contribution in [0, 0.1) is 17.7 Å². The minimum atomic E-state index is -0.308. The summed E-state index contributed by atoms with van der Waals surface area (Å²) in [6.45, 7) is 1.72. The Balaban J connectivity index is 2.05. The SMILES string of the molecule is CN(Cc1ccc(F)c(C#CCN)c1)Cc1cscn1. The van der Waals surface area contributed by atoms with Crippen LogP contribution in [0.4, 0.5) is 4.39 Å². The lowest BCUT2D eigenvalue weighted by atomic mass is 10.1. The number of aromatic nitrogens is 1. The molecule has 1 heterocycles. The van der Waals surface area contributed by atoms with Crippen LogP contribution < -0.4 is 5.73 Å². The van der Waals surface area contributed by atoms with Crippen LogP contribution in [0.3, 0.4) is 0 Å². The molecule has 20 heavy (non-hydrogen) atoms. The third-order valence-electron chi connectivity index (χ3n) is 2.72. The minimum absolute atomic E-state index is 0.230. The summed E-state index contributed by atoms with van der Waals surface area (Å²) in [5.74, 6) is 5.12. The van der Waals surface area contributed by atoms with Gasteiger partial charge in [0.2, 0.25) is 0 Å². The van der Waals surface area contributed by atoms with Gasteiger partial charge in [-0.25, -0.2) is 9.37 Å². The van der Waals surface area contributed by atoms with E-state index in [0.717, 1.165) is 24.3 Å². The lowest BCUT2D eigenvalue weighted by Crippen LogP contribution is -2.17. The Labute approximate surface area is 122 Å². The molecular formula is C15H16FN3S. The molecule has 0 bridgehead atoms. The molecule has 5 heteroatoms. The normalized spacial score (nSPS) is 10.4. The summed E-state index contributed by atoms with van der Waals surface area (Å²) in [5.41, 5.74) is 9.59. The summed E-state index contributed by atoms with van der Waals surface area (Å²) in [6.07, 6.45) is 0. The van der Waals surface area contributed by atoms with E-state index in [1.54, 1.807) is 23.5 Å². The molecule has 0 saturated heterocycles. The predicted octanol–water partition coefficient (Wildman–Crippen LogP) is 2.22. The maximum Gasteiger partial charge on any atom is 0.138 e. The average Bonchev–Trinajstić information content (AvgIpc) is 2.92. The van der Waals surface area contributed by atoms with Crippen LogP contribution in [0.1, 0.15) is 16.8 Å². The van der Waals surface area contributed by atoms with Crippen molar-refractivity contribution < 1.29 is 4.39 Å². The number of thiazole rings is 1. The first-order valence-electron chi connectivity index (χ1n) is 6.22. The molecule has 0 unspecified atom stereocenters. The van der Waals surface area contributed by atoms with E-state index in [4.69, 9.17) is 5.73 Å². The third-order valence-corrected chi connectivity index (χ3v) is 3.36. The number of hydrogen-bond acceptors (Lipinski definition) is 4. The van der Waals surface area contributed by atoms with Crippen LogP contribution in [0.25, 0.3) is 0 Å². The lowest BCUT2D eigenvalue weighted by Gasteiger charge is -2.15. The summed E-state index contributed by atoms with van der Waals surface area (Å²) in [4.78, 5) is 6.38. The molecule has 104 valence electrons.